The molecule has 0 amide bonds. The van der Waals surface area contributed by atoms with Gasteiger partial charge in [0.25, 0.3) is 0 Å². The SMILES string of the molecule is CCc1c(C)c(C)c(C(C)(C)C)c(C)c1CC. The minimum Gasteiger partial charge on any atom is -0.0613 e. The van der Waals surface area contributed by atoms with Crippen molar-refractivity contribution < 1.29 is 0 Å². The van der Waals surface area contributed by atoms with Gasteiger partial charge in [0, 0.05) is 0 Å². The van der Waals surface area contributed by atoms with Crippen LogP contribution in [0, 0.1) is 20.8 Å². The van der Waals surface area contributed by atoms with Crippen LogP contribution in [0.25, 0.3) is 0 Å². The van der Waals surface area contributed by atoms with Crippen molar-refractivity contribution in [2.75, 3.05) is 0 Å². The molecule has 1 aromatic carbocycles. The molecule has 0 heterocycles. The van der Waals surface area contributed by atoms with Gasteiger partial charge in [-0.25, -0.2) is 0 Å². The molecule has 17 heavy (non-hydrogen) atoms. The van der Waals surface area contributed by atoms with E-state index in [9.17, 15) is 0 Å². The van der Waals surface area contributed by atoms with Crippen molar-refractivity contribution in [1.29, 1.82) is 0 Å². The van der Waals surface area contributed by atoms with Gasteiger partial charge in [-0.05, 0) is 72.4 Å². The molecule has 0 atom stereocenters. The molecule has 96 valence electrons. The van der Waals surface area contributed by atoms with Gasteiger partial charge in [-0.1, -0.05) is 34.6 Å². The van der Waals surface area contributed by atoms with Crippen molar-refractivity contribution in [3.05, 3.63) is 33.4 Å². The maximum Gasteiger partial charge on any atom is -0.0126 e. The molecule has 0 radical (unpaired) electrons. The molecule has 0 heteroatoms. The lowest BCUT2D eigenvalue weighted by Crippen LogP contribution is -2.18. The summed E-state index contributed by atoms with van der Waals surface area (Å²) in [5, 5.41) is 0. The molecule has 0 nitrogen and oxygen atoms in total. The van der Waals surface area contributed by atoms with E-state index in [1.54, 1.807) is 16.7 Å². The third-order valence-corrected chi connectivity index (χ3v) is 4.04. The van der Waals surface area contributed by atoms with Crippen molar-refractivity contribution in [2.24, 2.45) is 0 Å². The van der Waals surface area contributed by atoms with Gasteiger partial charge in [0.05, 0.1) is 0 Å². The van der Waals surface area contributed by atoms with Crippen LogP contribution in [0.15, 0.2) is 0 Å². The van der Waals surface area contributed by atoms with Crippen molar-refractivity contribution in [1.82, 2.24) is 0 Å². The predicted octanol–water partition coefficient (Wildman–Crippen LogP) is 5.03. The third-order valence-electron chi connectivity index (χ3n) is 4.04. The van der Waals surface area contributed by atoms with Gasteiger partial charge < -0.3 is 0 Å². The van der Waals surface area contributed by atoms with Gasteiger partial charge in [0.2, 0.25) is 0 Å². The average molecular weight is 232 g/mol. The van der Waals surface area contributed by atoms with E-state index in [-0.39, 0.29) is 5.41 Å². The summed E-state index contributed by atoms with van der Waals surface area (Å²) < 4.78 is 0. The zero-order valence-corrected chi connectivity index (χ0v) is 12.9. The summed E-state index contributed by atoms with van der Waals surface area (Å²) >= 11 is 0. The Hall–Kier alpha value is -0.780. The third kappa shape index (κ3) is 2.41. The smallest absolute Gasteiger partial charge is 0.0126 e. The summed E-state index contributed by atoms with van der Waals surface area (Å²) in [4.78, 5) is 0. The lowest BCUT2D eigenvalue weighted by molar-refractivity contribution is 0.579. The number of hydrogen-bond donors (Lipinski definition) is 0. The van der Waals surface area contributed by atoms with E-state index in [1.165, 1.54) is 16.7 Å². The van der Waals surface area contributed by atoms with Crippen LogP contribution in [0.5, 0.6) is 0 Å². The zero-order chi connectivity index (χ0) is 13.4. The van der Waals surface area contributed by atoms with Crippen molar-refractivity contribution in [3.63, 3.8) is 0 Å². The monoisotopic (exact) mass is 232 g/mol. The molecule has 1 aromatic rings. The van der Waals surface area contributed by atoms with Crippen LogP contribution in [0.1, 0.15) is 68.0 Å². The van der Waals surface area contributed by atoms with E-state index in [0.717, 1.165) is 12.8 Å². The fourth-order valence-corrected chi connectivity index (χ4v) is 3.38. The first-order chi connectivity index (χ1) is 7.75. The summed E-state index contributed by atoms with van der Waals surface area (Å²) in [5.41, 5.74) is 9.51. The lowest BCUT2D eigenvalue weighted by atomic mass is 9.76. The molecule has 0 spiro atoms. The van der Waals surface area contributed by atoms with Crippen molar-refractivity contribution in [3.8, 4) is 0 Å². The lowest BCUT2D eigenvalue weighted by Gasteiger charge is -2.29. The quantitative estimate of drug-likeness (QED) is 0.670. The van der Waals surface area contributed by atoms with Crippen LogP contribution >= 0.6 is 0 Å². The molecule has 0 N–H and O–H groups in total. The van der Waals surface area contributed by atoms with Crippen LogP contribution in [0.3, 0.4) is 0 Å². The Balaban J connectivity index is 3.71. The van der Waals surface area contributed by atoms with Crippen LogP contribution in [0.2, 0.25) is 0 Å². The molecule has 0 bridgehead atoms. The van der Waals surface area contributed by atoms with Crippen molar-refractivity contribution >= 4 is 0 Å². The van der Waals surface area contributed by atoms with E-state index in [0.29, 0.717) is 0 Å². The van der Waals surface area contributed by atoms with E-state index in [4.69, 9.17) is 0 Å². The largest absolute Gasteiger partial charge is 0.0613 e. The molecule has 1 rings (SSSR count). The second kappa shape index (κ2) is 4.84. The zero-order valence-electron chi connectivity index (χ0n) is 12.9. The fourth-order valence-electron chi connectivity index (χ4n) is 3.38. The van der Waals surface area contributed by atoms with Gasteiger partial charge in [-0.2, -0.15) is 0 Å². The first-order valence-corrected chi connectivity index (χ1v) is 6.87. The van der Waals surface area contributed by atoms with Crippen LogP contribution < -0.4 is 0 Å². The molecule has 0 aliphatic rings. The number of rotatable bonds is 2. The van der Waals surface area contributed by atoms with Gasteiger partial charge in [-0.3, -0.25) is 0 Å². The molecule has 0 fully saturated rings. The Morgan fingerprint density at radius 2 is 1.12 bits per heavy atom. The van der Waals surface area contributed by atoms with E-state index in [1.807, 2.05) is 0 Å². The topological polar surface area (TPSA) is 0 Å². The standard InChI is InChI=1S/C17H28/c1-9-14-11(3)12(4)16(17(6,7)8)13(5)15(14)10-2/h9-10H2,1-8H3. The molecule has 0 aromatic heterocycles. The minimum absolute atomic E-state index is 0.245. The molecular formula is C17H28. The van der Waals surface area contributed by atoms with Gasteiger partial charge in [0.1, 0.15) is 0 Å². The van der Waals surface area contributed by atoms with Crippen LogP contribution in [-0.4, -0.2) is 0 Å². The molecule has 0 aliphatic heterocycles. The molecule has 0 aliphatic carbocycles. The van der Waals surface area contributed by atoms with E-state index < -0.39 is 0 Å². The maximum absolute atomic E-state index is 2.33. The Bertz CT molecular complexity index is 417. The van der Waals surface area contributed by atoms with Gasteiger partial charge in [0.15, 0.2) is 0 Å². The van der Waals surface area contributed by atoms with E-state index >= 15 is 0 Å². The Morgan fingerprint density at radius 1 is 0.706 bits per heavy atom. The summed E-state index contributed by atoms with van der Waals surface area (Å²) in [5.74, 6) is 0. The Labute approximate surface area is 107 Å². The highest BCUT2D eigenvalue weighted by atomic mass is 14.3. The van der Waals surface area contributed by atoms with Crippen LogP contribution in [0.4, 0.5) is 0 Å². The number of hydrogen-bond acceptors (Lipinski definition) is 0. The highest BCUT2D eigenvalue weighted by molar-refractivity contribution is 5.53. The molecule has 0 saturated carbocycles. The van der Waals surface area contributed by atoms with E-state index in [2.05, 4.69) is 55.4 Å². The van der Waals surface area contributed by atoms with Crippen LogP contribution in [-0.2, 0) is 18.3 Å². The Morgan fingerprint density at radius 3 is 1.47 bits per heavy atom. The molecular weight excluding hydrogens is 204 g/mol. The maximum atomic E-state index is 2.33. The predicted molar refractivity (Wildman–Crippen MR) is 78.1 cm³/mol. The molecule has 0 saturated heterocycles. The summed E-state index contributed by atoms with van der Waals surface area (Å²) in [7, 11) is 0. The first-order valence-electron chi connectivity index (χ1n) is 6.87. The van der Waals surface area contributed by atoms with Crippen molar-refractivity contribution in [2.45, 2.75) is 73.6 Å². The fraction of sp³-hybridized carbons (Fsp3) is 0.647. The average Bonchev–Trinajstić information content (AvgIpc) is 2.21. The first kappa shape index (κ1) is 14.3. The normalized spacial score (nSPS) is 12.0. The highest BCUT2D eigenvalue weighted by Crippen LogP contribution is 2.35. The Kier molecular flexibility index (Phi) is 4.06. The summed E-state index contributed by atoms with van der Waals surface area (Å²) in [6.07, 6.45) is 2.31. The second-order valence-corrected chi connectivity index (χ2v) is 6.16. The highest BCUT2D eigenvalue weighted by Gasteiger charge is 2.23. The second-order valence-electron chi connectivity index (χ2n) is 6.16. The van der Waals surface area contributed by atoms with Gasteiger partial charge >= 0.3 is 0 Å². The summed E-state index contributed by atoms with van der Waals surface area (Å²) in [6, 6.07) is 0. The molecule has 0 unspecified atom stereocenters. The summed E-state index contributed by atoms with van der Waals surface area (Å²) in [6.45, 7) is 18.4. The van der Waals surface area contributed by atoms with Gasteiger partial charge in [-0.15, -0.1) is 0 Å². The minimum atomic E-state index is 0.245. The number of benzene rings is 1.